The Bertz CT molecular complexity index is 908. The molecule has 150 valence electrons. The molecule has 1 aromatic carbocycles. The molecule has 0 radical (unpaired) electrons. The zero-order valence-electron chi connectivity index (χ0n) is 16.7. The third-order valence-corrected chi connectivity index (χ3v) is 5.73. The van der Waals surface area contributed by atoms with Crippen LogP contribution in [0, 0.1) is 32.4 Å². The first kappa shape index (κ1) is 20.0. The van der Waals surface area contributed by atoms with Gasteiger partial charge in [0.05, 0.1) is 6.54 Å². The Morgan fingerprint density at radius 2 is 1.46 bits per heavy atom. The van der Waals surface area contributed by atoms with Crippen molar-refractivity contribution < 1.29 is 18.4 Å². The molecule has 28 heavy (non-hydrogen) atoms. The number of benzene rings is 1. The van der Waals surface area contributed by atoms with Crippen molar-refractivity contribution in [2.75, 3.05) is 26.2 Å². The molecule has 1 aliphatic heterocycles. The molecule has 1 aromatic heterocycles. The Labute approximate surface area is 163 Å². The van der Waals surface area contributed by atoms with Gasteiger partial charge < -0.3 is 14.4 Å². The van der Waals surface area contributed by atoms with E-state index in [1.165, 1.54) is 25.1 Å². The number of amides is 2. The first-order valence-electron chi connectivity index (χ1n) is 9.36. The summed E-state index contributed by atoms with van der Waals surface area (Å²) >= 11 is 0. The molecule has 3 rings (SSSR count). The number of nitrogens with zero attached hydrogens (tertiary/aromatic N) is 3. The fourth-order valence-corrected chi connectivity index (χ4v) is 3.71. The van der Waals surface area contributed by atoms with Gasteiger partial charge in [0.1, 0.15) is 17.3 Å². The van der Waals surface area contributed by atoms with Crippen molar-refractivity contribution in [1.82, 2.24) is 14.4 Å². The Hall–Kier alpha value is -2.70. The Kier molecular flexibility index (Phi) is 5.54. The van der Waals surface area contributed by atoms with E-state index in [0.717, 1.165) is 16.8 Å². The van der Waals surface area contributed by atoms with Gasteiger partial charge in [-0.3, -0.25) is 9.59 Å². The van der Waals surface area contributed by atoms with Gasteiger partial charge in [-0.05, 0) is 44.0 Å². The average molecular weight is 389 g/mol. The fourth-order valence-electron chi connectivity index (χ4n) is 3.71. The van der Waals surface area contributed by atoms with Crippen LogP contribution < -0.4 is 0 Å². The molecule has 2 heterocycles. The highest BCUT2D eigenvalue weighted by Gasteiger charge is 2.29. The summed E-state index contributed by atoms with van der Waals surface area (Å²) in [5.41, 5.74) is 2.95. The highest BCUT2D eigenvalue weighted by Crippen LogP contribution is 2.26. The Balaban J connectivity index is 1.95. The minimum Gasteiger partial charge on any atom is -0.339 e. The molecule has 1 saturated heterocycles. The van der Waals surface area contributed by atoms with E-state index in [1.54, 1.807) is 14.4 Å². The third kappa shape index (κ3) is 3.53. The number of piperazine rings is 1. The van der Waals surface area contributed by atoms with Crippen LogP contribution >= 0.6 is 0 Å². The summed E-state index contributed by atoms with van der Waals surface area (Å²) in [5.74, 6) is -1.43. The van der Waals surface area contributed by atoms with Crippen LogP contribution in [-0.2, 0) is 11.3 Å². The minimum atomic E-state index is -0.628. The number of aromatic nitrogens is 1. The second-order valence-electron chi connectivity index (χ2n) is 7.27. The second kappa shape index (κ2) is 7.73. The zero-order valence-corrected chi connectivity index (χ0v) is 16.7. The van der Waals surface area contributed by atoms with Crippen molar-refractivity contribution >= 4 is 11.8 Å². The van der Waals surface area contributed by atoms with Crippen molar-refractivity contribution in [2.45, 2.75) is 34.2 Å². The Morgan fingerprint density at radius 1 is 0.929 bits per heavy atom. The summed E-state index contributed by atoms with van der Waals surface area (Å²) in [5, 5.41) is 0. The molecule has 0 saturated carbocycles. The molecule has 0 unspecified atom stereocenters. The SMILES string of the molecule is CC(=O)N1CCN(C(=O)c2c(C)c(C)c(C)n2Cc2c(F)cccc2F)CC1. The van der Waals surface area contributed by atoms with E-state index >= 15 is 0 Å². The zero-order chi connectivity index (χ0) is 20.6. The number of halogens is 2. The summed E-state index contributed by atoms with van der Waals surface area (Å²) in [7, 11) is 0. The molecule has 2 amide bonds. The lowest BCUT2D eigenvalue weighted by atomic mass is 10.1. The molecule has 1 fully saturated rings. The van der Waals surface area contributed by atoms with Gasteiger partial charge in [-0.25, -0.2) is 8.78 Å². The van der Waals surface area contributed by atoms with E-state index in [-0.39, 0.29) is 23.9 Å². The van der Waals surface area contributed by atoms with Gasteiger partial charge in [-0.1, -0.05) is 6.07 Å². The van der Waals surface area contributed by atoms with Gasteiger partial charge >= 0.3 is 0 Å². The van der Waals surface area contributed by atoms with Gasteiger partial charge in [0.15, 0.2) is 0 Å². The monoisotopic (exact) mass is 389 g/mol. The maximum absolute atomic E-state index is 14.2. The summed E-state index contributed by atoms with van der Waals surface area (Å²) < 4.78 is 30.1. The van der Waals surface area contributed by atoms with Crippen LogP contribution in [-0.4, -0.2) is 52.4 Å². The first-order valence-corrected chi connectivity index (χ1v) is 9.36. The molecule has 0 atom stereocenters. The number of hydrogen-bond acceptors (Lipinski definition) is 2. The van der Waals surface area contributed by atoms with Crippen LogP contribution in [0.2, 0.25) is 0 Å². The second-order valence-corrected chi connectivity index (χ2v) is 7.27. The fraction of sp³-hybridized carbons (Fsp3) is 0.429. The number of carbonyl (C=O) groups excluding carboxylic acids is 2. The van der Waals surface area contributed by atoms with E-state index in [9.17, 15) is 18.4 Å². The van der Waals surface area contributed by atoms with E-state index in [0.29, 0.717) is 31.9 Å². The summed E-state index contributed by atoms with van der Waals surface area (Å²) in [6, 6.07) is 3.77. The van der Waals surface area contributed by atoms with Gasteiger partial charge in [-0.15, -0.1) is 0 Å². The quantitative estimate of drug-likeness (QED) is 0.810. The maximum atomic E-state index is 14.2. The lowest BCUT2D eigenvalue weighted by Gasteiger charge is -2.34. The maximum Gasteiger partial charge on any atom is 0.270 e. The van der Waals surface area contributed by atoms with Crippen LogP contribution in [0.3, 0.4) is 0 Å². The average Bonchev–Trinajstić information content (AvgIpc) is 2.88. The number of rotatable bonds is 3. The molecule has 5 nitrogen and oxygen atoms in total. The Morgan fingerprint density at radius 3 is 2.00 bits per heavy atom. The lowest BCUT2D eigenvalue weighted by Crippen LogP contribution is -2.50. The molecule has 7 heteroatoms. The topological polar surface area (TPSA) is 45.6 Å². The highest BCUT2D eigenvalue weighted by molar-refractivity contribution is 5.95. The molecular formula is C21H25F2N3O2. The molecule has 0 bridgehead atoms. The molecule has 1 aliphatic rings. The van der Waals surface area contributed by atoms with Crippen molar-refractivity contribution in [1.29, 1.82) is 0 Å². The minimum absolute atomic E-state index is 0.00614. The van der Waals surface area contributed by atoms with Crippen molar-refractivity contribution in [2.24, 2.45) is 0 Å². The summed E-state index contributed by atoms with van der Waals surface area (Å²) in [6.45, 7) is 8.94. The molecule has 0 N–H and O–H groups in total. The van der Waals surface area contributed by atoms with E-state index in [1.807, 2.05) is 20.8 Å². The highest BCUT2D eigenvalue weighted by atomic mass is 19.1. The summed E-state index contributed by atoms with van der Waals surface area (Å²) in [4.78, 5) is 28.2. The van der Waals surface area contributed by atoms with Crippen molar-refractivity contribution in [3.8, 4) is 0 Å². The van der Waals surface area contributed by atoms with Gasteiger partial charge in [0.25, 0.3) is 5.91 Å². The smallest absolute Gasteiger partial charge is 0.270 e. The largest absolute Gasteiger partial charge is 0.339 e. The normalized spacial score (nSPS) is 14.5. The van der Waals surface area contributed by atoms with Crippen LogP contribution in [0.4, 0.5) is 8.78 Å². The predicted octanol–water partition coefficient (Wildman–Crippen LogP) is 3.04. The molecule has 0 aliphatic carbocycles. The summed E-state index contributed by atoms with van der Waals surface area (Å²) in [6.07, 6.45) is 0. The van der Waals surface area contributed by atoms with Crippen LogP contribution in [0.25, 0.3) is 0 Å². The van der Waals surface area contributed by atoms with Crippen LogP contribution in [0.1, 0.15) is 39.8 Å². The first-order chi connectivity index (χ1) is 13.2. The van der Waals surface area contributed by atoms with Gasteiger partial charge in [0, 0.05) is 44.4 Å². The molecule has 0 spiro atoms. The number of hydrogen-bond donors (Lipinski definition) is 0. The number of carbonyl (C=O) groups is 2. The third-order valence-electron chi connectivity index (χ3n) is 5.73. The van der Waals surface area contributed by atoms with E-state index in [4.69, 9.17) is 0 Å². The lowest BCUT2D eigenvalue weighted by molar-refractivity contribution is -0.130. The molecular weight excluding hydrogens is 364 g/mol. The van der Waals surface area contributed by atoms with E-state index in [2.05, 4.69) is 0 Å². The van der Waals surface area contributed by atoms with E-state index < -0.39 is 11.6 Å². The van der Waals surface area contributed by atoms with Gasteiger partial charge in [0.2, 0.25) is 5.91 Å². The van der Waals surface area contributed by atoms with Crippen molar-refractivity contribution in [3.63, 3.8) is 0 Å². The van der Waals surface area contributed by atoms with Gasteiger partial charge in [-0.2, -0.15) is 0 Å². The predicted molar refractivity (Wildman–Crippen MR) is 102 cm³/mol. The molecule has 2 aromatic rings. The van der Waals surface area contributed by atoms with Crippen molar-refractivity contribution in [3.05, 3.63) is 57.9 Å². The standard InChI is InChI=1S/C21H25F2N3O2/c1-13-14(2)20(21(28)25-10-8-24(9-11-25)16(4)27)26(15(13)3)12-17-18(22)6-5-7-19(17)23/h5-7H,8-12H2,1-4H3. The van der Waals surface area contributed by atoms with Crippen LogP contribution in [0.5, 0.6) is 0 Å². The van der Waals surface area contributed by atoms with Crippen LogP contribution in [0.15, 0.2) is 18.2 Å².